The molecule has 0 radical (unpaired) electrons. The lowest BCUT2D eigenvalue weighted by molar-refractivity contribution is -0.141. The first kappa shape index (κ1) is 20.8. The van der Waals surface area contributed by atoms with Crippen molar-refractivity contribution in [3.8, 4) is 11.5 Å². The van der Waals surface area contributed by atoms with Gasteiger partial charge in [0.15, 0.2) is 11.5 Å². The summed E-state index contributed by atoms with van der Waals surface area (Å²) in [5.41, 5.74) is -0.433. The molecule has 6 nitrogen and oxygen atoms in total. The van der Waals surface area contributed by atoms with Gasteiger partial charge in [0.1, 0.15) is 11.5 Å². The molecule has 0 bridgehead atoms. The maximum Gasteiger partial charge on any atom is 0.433 e. The second kappa shape index (κ2) is 8.59. The summed E-state index contributed by atoms with van der Waals surface area (Å²) >= 11 is 0. The van der Waals surface area contributed by atoms with Crippen molar-refractivity contribution in [3.63, 3.8) is 0 Å². The first-order chi connectivity index (χ1) is 13.8. The van der Waals surface area contributed by atoms with Crippen LogP contribution >= 0.6 is 0 Å². The second-order valence-corrected chi connectivity index (χ2v) is 6.69. The van der Waals surface area contributed by atoms with Gasteiger partial charge in [0.05, 0.1) is 14.2 Å². The number of methoxy groups -OCH3 is 2. The van der Waals surface area contributed by atoms with E-state index in [1.807, 2.05) is 0 Å². The summed E-state index contributed by atoms with van der Waals surface area (Å²) in [6, 6.07) is 8.72. The van der Waals surface area contributed by atoms with Gasteiger partial charge in [-0.1, -0.05) is 6.07 Å². The molecule has 0 atom stereocenters. The quantitative estimate of drug-likeness (QED) is 0.813. The molecule has 0 aliphatic carbocycles. The van der Waals surface area contributed by atoms with Gasteiger partial charge in [0.25, 0.3) is 5.91 Å². The van der Waals surface area contributed by atoms with Crippen LogP contribution in [0, 0.1) is 0 Å². The predicted octanol–water partition coefficient (Wildman–Crippen LogP) is 3.83. The third kappa shape index (κ3) is 4.90. The van der Waals surface area contributed by atoms with Gasteiger partial charge in [-0.25, -0.2) is 4.98 Å². The van der Waals surface area contributed by atoms with Crippen LogP contribution in [-0.2, 0) is 6.18 Å². The maximum absolute atomic E-state index is 12.8. The number of anilines is 1. The van der Waals surface area contributed by atoms with E-state index in [9.17, 15) is 18.0 Å². The number of ether oxygens (including phenoxy) is 2. The average Bonchev–Trinajstić information content (AvgIpc) is 2.73. The lowest BCUT2D eigenvalue weighted by Crippen LogP contribution is -2.42. The van der Waals surface area contributed by atoms with Crippen LogP contribution in [0.4, 0.5) is 19.0 Å². The summed E-state index contributed by atoms with van der Waals surface area (Å²) in [5.74, 6) is 1.08. The number of aromatic nitrogens is 1. The standard InChI is InChI=1S/C20H22F3N3O3/c1-28-15-7-6-13(12-16(15)29-2)19(27)26-10-8-14(9-11-26)24-18-5-3-4-17(25-18)20(21,22)23/h3-7,12,14H,8-11H2,1-2H3,(H,24,25). The van der Waals surface area contributed by atoms with Gasteiger partial charge >= 0.3 is 6.18 Å². The zero-order chi connectivity index (χ0) is 21.0. The molecule has 1 aliphatic rings. The Balaban J connectivity index is 1.60. The molecule has 1 saturated heterocycles. The fourth-order valence-corrected chi connectivity index (χ4v) is 3.26. The first-order valence-corrected chi connectivity index (χ1v) is 9.14. The van der Waals surface area contributed by atoms with Crippen molar-refractivity contribution in [2.24, 2.45) is 0 Å². The minimum Gasteiger partial charge on any atom is -0.493 e. The largest absolute Gasteiger partial charge is 0.493 e. The number of amides is 1. The average molecular weight is 409 g/mol. The van der Waals surface area contributed by atoms with E-state index < -0.39 is 11.9 Å². The van der Waals surface area contributed by atoms with Crippen molar-refractivity contribution >= 4 is 11.7 Å². The second-order valence-electron chi connectivity index (χ2n) is 6.69. The van der Waals surface area contributed by atoms with E-state index in [1.165, 1.54) is 26.4 Å². The monoisotopic (exact) mass is 409 g/mol. The van der Waals surface area contributed by atoms with E-state index in [4.69, 9.17) is 9.47 Å². The zero-order valence-electron chi connectivity index (χ0n) is 16.1. The van der Waals surface area contributed by atoms with E-state index in [1.54, 1.807) is 23.1 Å². The van der Waals surface area contributed by atoms with Crippen molar-refractivity contribution < 1.29 is 27.4 Å². The number of nitrogens with zero attached hydrogens (tertiary/aromatic N) is 2. The number of carbonyl (C=O) groups is 1. The molecule has 156 valence electrons. The van der Waals surface area contributed by atoms with Crippen LogP contribution in [-0.4, -0.2) is 49.1 Å². The molecule has 29 heavy (non-hydrogen) atoms. The van der Waals surface area contributed by atoms with Crippen molar-refractivity contribution in [1.29, 1.82) is 0 Å². The molecule has 0 spiro atoms. The Hall–Kier alpha value is -2.97. The van der Waals surface area contributed by atoms with Gasteiger partial charge in [-0.15, -0.1) is 0 Å². The van der Waals surface area contributed by atoms with Gasteiger partial charge in [0.2, 0.25) is 0 Å². The summed E-state index contributed by atoms with van der Waals surface area (Å²) in [6.07, 6.45) is -3.26. The molecule has 1 aliphatic heterocycles. The Kier molecular flexibility index (Phi) is 6.14. The zero-order valence-corrected chi connectivity index (χ0v) is 16.1. The Morgan fingerprint density at radius 3 is 2.41 bits per heavy atom. The summed E-state index contributed by atoms with van der Waals surface area (Å²) in [4.78, 5) is 18.1. The fourth-order valence-electron chi connectivity index (χ4n) is 3.26. The van der Waals surface area contributed by atoms with Crippen LogP contribution in [0.5, 0.6) is 11.5 Å². The van der Waals surface area contributed by atoms with Crippen molar-refractivity contribution in [2.45, 2.75) is 25.1 Å². The highest BCUT2D eigenvalue weighted by Crippen LogP contribution is 2.30. The smallest absolute Gasteiger partial charge is 0.433 e. The van der Waals surface area contributed by atoms with Crippen molar-refractivity contribution in [1.82, 2.24) is 9.88 Å². The third-order valence-electron chi connectivity index (χ3n) is 4.80. The molecule has 1 N–H and O–H groups in total. The van der Waals surface area contributed by atoms with Gasteiger partial charge in [-0.3, -0.25) is 4.79 Å². The van der Waals surface area contributed by atoms with Gasteiger partial charge in [-0.05, 0) is 43.2 Å². The molecule has 0 unspecified atom stereocenters. The lowest BCUT2D eigenvalue weighted by atomic mass is 10.0. The first-order valence-electron chi connectivity index (χ1n) is 9.14. The Morgan fingerprint density at radius 1 is 1.10 bits per heavy atom. The number of halogens is 3. The number of piperidine rings is 1. The minimum atomic E-state index is -4.48. The number of pyridine rings is 1. The fraction of sp³-hybridized carbons (Fsp3) is 0.400. The van der Waals surface area contributed by atoms with Gasteiger partial charge < -0.3 is 19.7 Å². The Morgan fingerprint density at radius 2 is 1.79 bits per heavy atom. The van der Waals surface area contributed by atoms with Crippen LogP contribution in [0.25, 0.3) is 0 Å². The molecule has 1 amide bonds. The van der Waals surface area contributed by atoms with Crippen LogP contribution in [0.2, 0.25) is 0 Å². The topological polar surface area (TPSA) is 63.7 Å². The maximum atomic E-state index is 12.8. The van der Waals surface area contributed by atoms with Crippen LogP contribution in [0.1, 0.15) is 28.9 Å². The molecular weight excluding hydrogens is 387 g/mol. The van der Waals surface area contributed by atoms with Gasteiger partial charge in [-0.2, -0.15) is 13.2 Å². The molecule has 1 fully saturated rings. The summed E-state index contributed by atoms with van der Waals surface area (Å²) in [7, 11) is 3.03. The normalized spacial score (nSPS) is 15.1. The molecule has 2 aromatic rings. The molecule has 0 saturated carbocycles. The predicted molar refractivity (Wildman–Crippen MR) is 101 cm³/mol. The third-order valence-corrected chi connectivity index (χ3v) is 4.80. The molecule has 9 heteroatoms. The number of hydrogen-bond acceptors (Lipinski definition) is 5. The lowest BCUT2D eigenvalue weighted by Gasteiger charge is -2.33. The Bertz CT molecular complexity index is 866. The Labute approximate surface area is 166 Å². The van der Waals surface area contributed by atoms with Crippen molar-refractivity contribution in [2.75, 3.05) is 32.6 Å². The highest BCUT2D eigenvalue weighted by atomic mass is 19.4. The SMILES string of the molecule is COc1ccc(C(=O)N2CCC(Nc3cccc(C(F)(F)F)n3)CC2)cc1OC. The molecule has 1 aromatic heterocycles. The van der Waals surface area contributed by atoms with E-state index >= 15 is 0 Å². The molecule has 2 heterocycles. The number of alkyl halides is 3. The van der Waals surface area contributed by atoms with Crippen LogP contribution < -0.4 is 14.8 Å². The number of hydrogen-bond donors (Lipinski definition) is 1. The van der Waals surface area contributed by atoms with E-state index in [-0.39, 0.29) is 17.8 Å². The van der Waals surface area contributed by atoms with Crippen LogP contribution in [0.3, 0.4) is 0 Å². The summed E-state index contributed by atoms with van der Waals surface area (Å²) in [6.45, 7) is 0.980. The number of likely N-dealkylation sites (tertiary alicyclic amines) is 1. The van der Waals surface area contributed by atoms with Gasteiger partial charge in [0, 0.05) is 24.7 Å². The highest BCUT2D eigenvalue weighted by molar-refractivity contribution is 5.95. The van der Waals surface area contributed by atoms with Crippen LogP contribution in [0.15, 0.2) is 36.4 Å². The summed E-state index contributed by atoms with van der Waals surface area (Å²) < 4.78 is 48.8. The van der Waals surface area contributed by atoms with Crippen molar-refractivity contribution in [3.05, 3.63) is 47.7 Å². The highest BCUT2D eigenvalue weighted by Gasteiger charge is 2.32. The van der Waals surface area contributed by atoms with E-state index in [2.05, 4.69) is 10.3 Å². The molecular formula is C20H22F3N3O3. The number of benzene rings is 1. The number of rotatable bonds is 5. The van der Waals surface area contributed by atoms with E-state index in [0.717, 1.165) is 6.07 Å². The number of carbonyl (C=O) groups excluding carboxylic acids is 1. The van der Waals surface area contributed by atoms with E-state index in [0.29, 0.717) is 43.0 Å². The summed E-state index contributed by atoms with van der Waals surface area (Å²) in [5, 5.41) is 3.04. The molecule has 3 rings (SSSR count). The number of nitrogens with one attached hydrogen (secondary N) is 1. The minimum absolute atomic E-state index is 0.0552. The molecule has 1 aromatic carbocycles.